The number of rotatable bonds is 3. The van der Waals surface area contributed by atoms with Gasteiger partial charge in [0.05, 0.1) is 27.9 Å². The van der Waals surface area contributed by atoms with Crippen molar-refractivity contribution >= 4 is 49.1 Å². The van der Waals surface area contributed by atoms with E-state index < -0.39 is 6.85 Å². The lowest BCUT2D eigenvalue weighted by Gasteiger charge is -2.48. The van der Waals surface area contributed by atoms with Gasteiger partial charge in [0.25, 0.3) is 0 Å². The Morgan fingerprint density at radius 3 is 2.36 bits per heavy atom. The predicted molar refractivity (Wildman–Crippen MR) is 226 cm³/mol. The van der Waals surface area contributed by atoms with Crippen molar-refractivity contribution in [2.45, 2.75) is 77.5 Å². The number of nitrogens with zero attached hydrogens (tertiary/aromatic N) is 4. The van der Waals surface area contributed by atoms with E-state index in [0.717, 1.165) is 90.3 Å². The molecule has 11 rings (SSSR count). The number of hydrogen-bond donors (Lipinski definition) is 0. The Balaban J connectivity index is 1.16. The van der Waals surface area contributed by atoms with Crippen molar-refractivity contribution in [1.29, 1.82) is 0 Å². The average molecular weight is 720 g/mol. The summed E-state index contributed by atoms with van der Waals surface area (Å²) >= 11 is 0. The summed E-state index contributed by atoms with van der Waals surface area (Å²) in [7, 11) is 0. The highest BCUT2D eigenvalue weighted by molar-refractivity contribution is 6.15. The predicted octanol–water partition coefficient (Wildman–Crippen LogP) is 12.7. The molecule has 1 unspecified atom stereocenters. The van der Waals surface area contributed by atoms with Gasteiger partial charge in [0.2, 0.25) is 0 Å². The van der Waals surface area contributed by atoms with Gasteiger partial charge in [-0.15, -0.1) is 0 Å². The van der Waals surface area contributed by atoms with E-state index >= 15 is 0 Å². The normalized spacial score (nSPS) is 18.5. The molecule has 0 bridgehead atoms. The molecule has 9 aromatic rings. The first kappa shape index (κ1) is 29.4. The maximum atomic E-state index is 8.74. The molecule has 4 aromatic heterocycles. The molecule has 0 spiro atoms. The minimum atomic E-state index is -2.32. The quantitative estimate of drug-likeness (QED) is 0.171. The Labute approximate surface area is 325 Å². The van der Waals surface area contributed by atoms with Crippen LogP contribution in [0.4, 0.5) is 0 Å². The summed E-state index contributed by atoms with van der Waals surface area (Å²) in [6.45, 7) is 11.4. The molecule has 5 aromatic carbocycles. The van der Waals surface area contributed by atoms with Crippen LogP contribution in [0.2, 0.25) is 0 Å². The van der Waals surface area contributed by atoms with Crippen LogP contribution in [0.15, 0.2) is 115 Å². The van der Waals surface area contributed by atoms with Gasteiger partial charge in [-0.2, -0.15) is 0 Å². The SMILES string of the molecule is [2H]C([2H])([2H])c1ccc2c3c1c1ccc(Oc4ccc5c6ccccc6n(-c6cc(C(C)(C)C)ccn6)c5c4)cc1c1nc4c(n13)C(C)(CCc1ccccc1-4)C2(C)C. The van der Waals surface area contributed by atoms with Crippen LogP contribution < -0.4 is 4.74 Å². The lowest BCUT2D eigenvalue weighted by atomic mass is 9.57. The van der Waals surface area contributed by atoms with Crippen LogP contribution in [0.1, 0.15) is 80.0 Å². The number of pyridine rings is 2. The highest BCUT2D eigenvalue weighted by Gasteiger charge is 2.52. The molecule has 0 saturated heterocycles. The fourth-order valence-electron chi connectivity index (χ4n) is 9.89. The minimum Gasteiger partial charge on any atom is -0.457 e. The maximum absolute atomic E-state index is 8.74. The lowest BCUT2D eigenvalue weighted by Crippen LogP contribution is -2.46. The fourth-order valence-corrected chi connectivity index (χ4v) is 9.89. The zero-order valence-electron chi connectivity index (χ0n) is 35.1. The number of aryl methyl sites for hydroxylation is 2. The van der Waals surface area contributed by atoms with Gasteiger partial charge >= 0.3 is 0 Å². The summed E-state index contributed by atoms with van der Waals surface area (Å²) in [5, 5.41) is 4.74. The second-order valence-electron chi connectivity index (χ2n) is 17.5. The van der Waals surface area contributed by atoms with E-state index in [2.05, 4.69) is 135 Å². The van der Waals surface area contributed by atoms with Crippen molar-refractivity contribution in [1.82, 2.24) is 18.9 Å². The molecule has 2 aliphatic rings. The van der Waals surface area contributed by atoms with Gasteiger partial charge in [-0.05, 0) is 101 Å². The van der Waals surface area contributed by atoms with Crippen molar-refractivity contribution < 1.29 is 8.85 Å². The van der Waals surface area contributed by atoms with Gasteiger partial charge in [-0.25, -0.2) is 9.97 Å². The van der Waals surface area contributed by atoms with Crippen LogP contribution in [0.5, 0.6) is 11.5 Å². The van der Waals surface area contributed by atoms with E-state index in [-0.39, 0.29) is 16.2 Å². The van der Waals surface area contributed by atoms with Crippen LogP contribution in [-0.2, 0) is 22.7 Å². The Bertz CT molecular complexity index is 3240. The smallest absolute Gasteiger partial charge is 0.146 e. The summed E-state index contributed by atoms with van der Waals surface area (Å²) in [5.74, 6) is 2.19. The highest BCUT2D eigenvalue weighted by atomic mass is 16.5. The molecular weight excluding hydrogens is 673 g/mol. The first-order valence-electron chi connectivity index (χ1n) is 20.9. The zero-order chi connectivity index (χ0) is 40.1. The van der Waals surface area contributed by atoms with E-state index in [1.54, 1.807) is 0 Å². The van der Waals surface area contributed by atoms with Crippen molar-refractivity contribution in [3.8, 4) is 28.6 Å². The highest BCUT2D eigenvalue weighted by Crippen LogP contribution is 2.57. The van der Waals surface area contributed by atoms with Crippen LogP contribution in [0, 0.1) is 6.85 Å². The Morgan fingerprint density at radius 1 is 0.764 bits per heavy atom. The van der Waals surface area contributed by atoms with E-state index in [1.807, 2.05) is 30.5 Å². The van der Waals surface area contributed by atoms with Crippen molar-refractivity contribution in [2.75, 3.05) is 0 Å². The van der Waals surface area contributed by atoms with Crippen LogP contribution in [0.25, 0.3) is 66.2 Å². The molecule has 0 radical (unpaired) electrons. The molecule has 55 heavy (non-hydrogen) atoms. The number of imidazole rings is 1. The van der Waals surface area contributed by atoms with Crippen LogP contribution in [0.3, 0.4) is 0 Å². The first-order valence-corrected chi connectivity index (χ1v) is 19.4. The molecule has 5 nitrogen and oxygen atoms in total. The number of para-hydroxylation sites is 1. The molecule has 0 N–H and O–H groups in total. The lowest BCUT2D eigenvalue weighted by molar-refractivity contribution is 0.247. The molecule has 270 valence electrons. The average Bonchev–Trinajstić information content (AvgIpc) is 3.72. The third-order valence-electron chi connectivity index (χ3n) is 13.2. The van der Waals surface area contributed by atoms with Crippen molar-refractivity contribution in [3.63, 3.8) is 0 Å². The summed E-state index contributed by atoms with van der Waals surface area (Å²) in [4.78, 5) is 10.4. The van der Waals surface area contributed by atoms with Crippen molar-refractivity contribution in [2.24, 2.45) is 0 Å². The second kappa shape index (κ2) is 10.8. The van der Waals surface area contributed by atoms with Gasteiger partial charge in [0.15, 0.2) is 0 Å². The van der Waals surface area contributed by atoms with Gasteiger partial charge < -0.3 is 4.74 Å². The molecule has 0 saturated carbocycles. The summed E-state index contributed by atoms with van der Waals surface area (Å²) in [6.07, 6.45) is 3.77. The molecule has 5 heterocycles. The Kier molecular flexibility index (Phi) is 5.80. The molecule has 1 aliphatic heterocycles. The van der Waals surface area contributed by atoms with E-state index in [9.17, 15) is 0 Å². The van der Waals surface area contributed by atoms with Gasteiger partial charge in [0.1, 0.15) is 23.0 Å². The minimum absolute atomic E-state index is 0.0342. The van der Waals surface area contributed by atoms with Crippen LogP contribution in [-0.4, -0.2) is 18.9 Å². The fraction of sp³-hybridized carbons (Fsp3) is 0.240. The number of hydrogen-bond acceptors (Lipinski definition) is 3. The molecule has 1 aliphatic carbocycles. The third kappa shape index (κ3) is 4.30. The molecule has 0 amide bonds. The molecular formula is C50H44N4O. The first-order chi connectivity index (χ1) is 27.6. The monoisotopic (exact) mass is 719 g/mol. The maximum Gasteiger partial charge on any atom is 0.146 e. The Hall–Kier alpha value is -5.94. The van der Waals surface area contributed by atoms with E-state index in [0.29, 0.717) is 17.1 Å². The summed E-state index contributed by atoms with van der Waals surface area (Å²) < 4.78 is 37.6. The van der Waals surface area contributed by atoms with Crippen molar-refractivity contribution in [3.05, 3.63) is 143 Å². The second-order valence-corrected chi connectivity index (χ2v) is 17.5. The standard InChI is InChI=1S/C50H44N4O/c1-29-16-21-39-45-43(29)37-20-18-32(27-38(37)47-52-44-34-13-9-8-12-30(34)22-24-50(7,49(39,5)6)46(44)54(45)47)55-33-17-19-36-35-14-10-11-15-40(35)53(41(36)28-33)42-26-31(23-25-51-42)48(2,3)4/h8-21,23,25-28H,22,24H2,1-7H3/i1D3. The number of ether oxygens (including phenoxy) is 1. The van der Waals surface area contributed by atoms with Gasteiger partial charge in [-0.1, -0.05) is 96.1 Å². The number of benzene rings is 5. The molecule has 1 atom stereocenters. The van der Waals surface area contributed by atoms with E-state index in [1.165, 1.54) is 11.1 Å². The largest absolute Gasteiger partial charge is 0.457 e. The topological polar surface area (TPSA) is 44.3 Å². The van der Waals surface area contributed by atoms with E-state index in [4.69, 9.17) is 18.8 Å². The summed E-state index contributed by atoms with van der Waals surface area (Å²) in [5.41, 5.74) is 10.5. The van der Waals surface area contributed by atoms with Gasteiger partial charge in [-0.3, -0.25) is 8.97 Å². The molecule has 5 heteroatoms. The summed E-state index contributed by atoms with van der Waals surface area (Å²) in [6, 6.07) is 37.6. The number of fused-ring (bicyclic) bond motifs is 8. The number of aromatic nitrogens is 4. The zero-order valence-corrected chi connectivity index (χ0v) is 32.1. The van der Waals surface area contributed by atoms with Crippen LogP contribution >= 0.6 is 0 Å². The van der Waals surface area contributed by atoms with Gasteiger partial charge in [0, 0.05) is 54.3 Å². The third-order valence-corrected chi connectivity index (χ3v) is 13.2. The Morgan fingerprint density at radius 2 is 1.53 bits per heavy atom. The molecule has 0 fully saturated rings.